The fourth-order valence-corrected chi connectivity index (χ4v) is 1.80. The molecule has 1 amide bonds. The first kappa shape index (κ1) is 16.7. The number of nitrogens with one attached hydrogen (secondary N) is 1. The molecule has 0 radical (unpaired) electrons. The second-order valence-corrected chi connectivity index (χ2v) is 5.21. The number of carbonyl (C=O) groups excluding carboxylic acids is 1. The molecule has 0 aromatic heterocycles. The number of hydrogen-bond acceptors (Lipinski definition) is 3. The monoisotopic (exact) mass is 257 g/mol. The number of nitrogens with zero attached hydrogens (tertiary/aromatic N) is 1. The predicted molar refractivity (Wildman–Crippen MR) is 73.4 cm³/mol. The Balaban J connectivity index is 4.80. The quantitative estimate of drug-likeness (QED) is 0.282. The van der Waals surface area contributed by atoms with Gasteiger partial charge in [-0.1, -0.05) is 39.8 Å². The van der Waals surface area contributed by atoms with E-state index in [-0.39, 0.29) is 11.7 Å². The van der Waals surface area contributed by atoms with Gasteiger partial charge in [-0.25, -0.2) is 0 Å². The molecule has 0 saturated carbocycles. The Morgan fingerprint density at radius 1 is 1.33 bits per heavy atom. The van der Waals surface area contributed by atoms with E-state index in [1.165, 1.54) is 0 Å². The highest BCUT2D eigenvalue weighted by Crippen LogP contribution is 2.27. The summed E-state index contributed by atoms with van der Waals surface area (Å²) >= 11 is 0. The average molecular weight is 257 g/mol. The van der Waals surface area contributed by atoms with Crippen LogP contribution in [-0.2, 0) is 4.79 Å². The van der Waals surface area contributed by atoms with Crippen LogP contribution in [0.15, 0.2) is 5.16 Å². The third-order valence-corrected chi connectivity index (χ3v) is 3.96. The minimum absolute atomic E-state index is 0.0119. The van der Waals surface area contributed by atoms with Crippen LogP contribution in [0.5, 0.6) is 0 Å². The molecular weight excluding hydrogens is 230 g/mol. The molecule has 18 heavy (non-hydrogen) atoms. The highest BCUT2D eigenvalue weighted by molar-refractivity contribution is 6.06. The summed E-state index contributed by atoms with van der Waals surface area (Å²) in [4.78, 5) is 12.3. The van der Waals surface area contributed by atoms with E-state index in [1.54, 1.807) is 0 Å². The lowest BCUT2D eigenvalue weighted by Gasteiger charge is -2.29. The van der Waals surface area contributed by atoms with Gasteiger partial charge in [0.05, 0.1) is 0 Å². The molecule has 0 bridgehead atoms. The predicted octanol–water partition coefficient (Wildman–Crippen LogP) is 1.95. The van der Waals surface area contributed by atoms with Crippen LogP contribution in [0.2, 0.25) is 0 Å². The van der Waals surface area contributed by atoms with Crippen LogP contribution >= 0.6 is 0 Å². The molecule has 1 atom stereocenters. The summed E-state index contributed by atoms with van der Waals surface area (Å²) in [6, 6.07) is 0. The molecule has 0 aromatic rings. The number of amides is 1. The summed E-state index contributed by atoms with van der Waals surface area (Å²) in [6.45, 7) is 10.7. The van der Waals surface area contributed by atoms with Crippen molar-refractivity contribution in [2.24, 2.45) is 28.1 Å². The maximum Gasteiger partial charge on any atom is 0.233 e. The van der Waals surface area contributed by atoms with Crippen molar-refractivity contribution in [3.63, 3.8) is 0 Å². The molecule has 0 spiro atoms. The smallest absolute Gasteiger partial charge is 0.233 e. The van der Waals surface area contributed by atoms with Gasteiger partial charge in [-0.05, 0) is 24.7 Å². The fourth-order valence-electron chi connectivity index (χ4n) is 1.80. The van der Waals surface area contributed by atoms with Crippen LogP contribution in [-0.4, -0.2) is 23.5 Å². The Bertz CT molecular complexity index is 297. The standard InChI is InChI=1S/C13H27N3O2/c1-6-13(7-2,11(14)16-18)12(17)15-8-10(5)9(3)4/h9-10,18H,6-8H2,1-5H3,(H2,14,16)(H,15,17). The number of hydrogen-bond donors (Lipinski definition) is 3. The molecule has 5 nitrogen and oxygen atoms in total. The molecule has 0 aliphatic heterocycles. The second-order valence-electron chi connectivity index (χ2n) is 5.21. The van der Waals surface area contributed by atoms with Crippen LogP contribution in [0, 0.1) is 17.3 Å². The highest BCUT2D eigenvalue weighted by Gasteiger charge is 2.39. The van der Waals surface area contributed by atoms with E-state index in [4.69, 9.17) is 10.9 Å². The largest absolute Gasteiger partial charge is 0.409 e. The molecule has 0 rings (SSSR count). The minimum Gasteiger partial charge on any atom is -0.409 e. The molecule has 0 aliphatic rings. The van der Waals surface area contributed by atoms with Gasteiger partial charge in [0, 0.05) is 6.54 Å². The lowest BCUT2D eigenvalue weighted by Crippen LogP contribution is -2.50. The van der Waals surface area contributed by atoms with E-state index in [2.05, 4.69) is 31.2 Å². The van der Waals surface area contributed by atoms with Gasteiger partial charge in [-0.15, -0.1) is 0 Å². The Kier molecular flexibility index (Phi) is 6.73. The molecule has 0 heterocycles. The first-order chi connectivity index (χ1) is 8.35. The summed E-state index contributed by atoms with van der Waals surface area (Å²) in [5.74, 6) is 0.733. The van der Waals surface area contributed by atoms with Gasteiger partial charge < -0.3 is 16.3 Å². The van der Waals surface area contributed by atoms with E-state index in [0.717, 1.165) is 0 Å². The third-order valence-electron chi connectivity index (χ3n) is 3.96. The molecule has 0 aromatic carbocycles. The minimum atomic E-state index is -0.897. The van der Waals surface area contributed by atoms with Gasteiger partial charge in [-0.2, -0.15) is 0 Å². The topological polar surface area (TPSA) is 87.7 Å². The van der Waals surface area contributed by atoms with Crippen molar-refractivity contribution in [1.82, 2.24) is 5.32 Å². The fraction of sp³-hybridized carbons (Fsp3) is 0.846. The normalized spacial score (nSPS) is 14.7. The molecular formula is C13H27N3O2. The summed E-state index contributed by atoms with van der Waals surface area (Å²) < 4.78 is 0. The molecule has 4 N–H and O–H groups in total. The lowest BCUT2D eigenvalue weighted by molar-refractivity contribution is -0.128. The van der Waals surface area contributed by atoms with E-state index in [1.807, 2.05) is 13.8 Å². The Labute approximate surface area is 110 Å². The molecule has 0 aliphatic carbocycles. The second kappa shape index (κ2) is 7.24. The van der Waals surface area contributed by atoms with Gasteiger partial charge in [-0.3, -0.25) is 4.79 Å². The van der Waals surface area contributed by atoms with Crippen molar-refractivity contribution < 1.29 is 10.0 Å². The van der Waals surface area contributed by atoms with Gasteiger partial charge in [0.2, 0.25) is 5.91 Å². The molecule has 5 heteroatoms. The molecule has 106 valence electrons. The highest BCUT2D eigenvalue weighted by atomic mass is 16.4. The van der Waals surface area contributed by atoms with Crippen LogP contribution in [0.1, 0.15) is 47.5 Å². The van der Waals surface area contributed by atoms with Crippen molar-refractivity contribution in [3.8, 4) is 0 Å². The van der Waals surface area contributed by atoms with Gasteiger partial charge in [0.15, 0.2) is 5.84 Å². The summed E-state index contributed by atoms with van der Waals surface area (Å²) in [5, 5.41) is 14.8. The SMILES string of the molecule is CCC(CC)(C(=O)NCC(C)C(C)C)C(N)=NO. The molecule has 0 saturated heterocycles. The van der Waals surface area contributed by atoms with Crippen molar-refractivity contribution >= 4 is 11.7 Å². The Morgan fingerprint density at radius 3 is 2.17 bits per heavy atom. The third kappa shape index (κ3) is 3.62. The number of oxime groups is 1. The summed E-state index contributed by atoms with van der Waals surface area (Å²) in [6.07, 6.45) is 1.03. The summed E-state index contributed by atoms with van der Waals surface area (Å²) in [5.41, 5.74) is 4.78. The number of rotatable bonds is 7. The first-order valence-corrected chi connectivity index (χ1v) is 6.61. The molecule has 0 fully saturated rings. The van der Waals surface area contributed by atoms with E-state index < -0.39 is 5.41 Å². The zero-order valence-corrected chi connectivity index (χ0v) is 12.2. The average Bonchev–Trinajstić information content (AvgIpc) is 2.37. The van der Waals surface area contributed by atoms with Crippen molar-refractivity contribution in [1.29, 1.82) is 0 Å². The van der Waals surface area contributed by atoms with Crippen LogP contribution in [0.25, 0.3) is 0 Å². The lowest BCUT2D eigenvalue weighted by atomic mass is 9.80. The van der Waals surface area contributed by atoms with Gasteiger partial charge in [0.1, 0.15) is 5.41 Å². The Hall–Kier alpha value is -1.26. The zero-order valence-electron chi connectivity index (χ0n) is 12.2. The van der Waals surface area contributed by atoms with Crippen molar-refractivity contribution in [2.45, 2.75) is 47.5 Å². The number of amidine groups is 1. The van der Waals surface area contributed by atoms with Crippen LogP contribution in [0.3, 0.4) is 0 Å². The zero-order chi connectivity index (χ0) is 14.3. The van der Waals surface area contributed by atoms with Crippen molar-refractivity contribution in [2.75, 3.05) is 6.54 Å². The van der Waals surface area contributed by atoms with Crippen molar-refractivity contribution in [3.05, 3.63) is 0 Å². The first-order valence-electron chi connectivity index (χ1n) is 6.61. The Morgan fingerprint density at radius 2 is 1.83 bits per heavy atom. The van der Waals surface area contributed by atoms with E-state index >= 15 is 0 Å². The van der Waals surface area contributed by atoms with Crippen LogP contribution in [0.4, 0.5) is 0 Å². The van der Waals surface area contributed by atoms with E-state index in [0.29, 0.717) is 31.2 Å². The summed E-state index contributed by atoms with van der Waals surface area (Å²) in [7, 11) is 0. The van der Waals surface area contributed by atoms with Gasteiger partial charge >= 0.3 is 0 Å². The number of carbonyl (C=O) groups is 1. The maximum atomic E-state index is 12.3. The molecule has 1 unspecified atom stereocenters. The van der Waals surface area contributed by atoms with Crippen LogP contribution < -0.4 is 11.1 Å². The maximum absolute atomic E-state index is 12.3. The number of nitrogens with two attached hydrogens (primary N) is 1. The van der Waals surface area contributed by atoms with E-state index in [9.17, 15) is 4.79 Å². The van der Waals surface area contributed by atoms with Gasteiger partial charge in [0.25, 0.3) is 0 Å².